The van der Waals surface area contributed by atoms with Crippen LogP contribution >= 0.6 is 11.6 Å². The van der Waals surface area contributed by atoms with E-state index in [0.717, 1.165) is 38.4 Å². The van der Waals surface area contributed by atoms with Crippen molar-refractivity contribution in [1.82, 2.24) is 15.2 Å². The van der Waals surface area contributed by atoms with Gasteiger partial charge in [-0.3, -0.25) is 0 Å². The van der Waals surface area contributed by atoms with Gasteiger partial charge in [-0.25, -0.2) is 4.98 Å². The maximum Gasteiger partial charge on any atom is 0.280 e. The van der Waals surface area contributed by atoms with Gasteiger partial charge in [0.05, 0.1) is 5.02 Å². The molecule has 1 aromatic rings. The number of anilines is 1. The summed E-state index contributed by atoms with van der Waals surface area (Å²) >= 11 is 6.30. The van der Waals surface area contributed by atoms with E-state index < -0.39 is 0 Å². The first-order valence-corrected chi connectivity index (χ1v) is 10.0. The second kappa shape index (κ2) is 9.61. The molecule has 0 aromatic carbocycles. The third-order valence-corrected chi connectivity index (χ3v) is 5.49. The number of nitrogens with one attached hydrogen (secondary N) is 1. The standard InChI is InChI=1S/C20H27ClN6/c1-16-15-26(19-18(21)9-6-11-23-19)13-14-27(16)20(25-22-2)24-12-10-17-7-4-3-5-8-17/h6-7,9,11,16H,3-5,8,10,12-15H2,1H3,(H,24,25)/t16-/m1/s1. The van der Waals surface area contributed by atoms with Gasteiger partial charge in [0, 0.05) is 38.4 Å². The van der Waals surface area contributed by atoms with Crippen molar-refractivity contribution in [2.24, 2.45) is 5.10 Å². The Morgan fingerprint density at radius 3 is 3.04 bits per heavy atom. The van der Waals surface area contributed by atoms with Crippen molar-refractivity contribution in [3.8, 4) is 0 Å². The minimum absolute atomic E-state index is 0.207. The zero-order chi connectivity index (χ0) is 19.1. The molecular formula is C20H27ClN6. The van der Waals surface area contributed by atoms with E-state index in [2.05, 4.69) is 43.2 Å². The molecule has 1 atom stereocenters. The lowest BCUT2D eigenvalue weighted by molar-refractivity contribution is 0.288. The van der Waals surface area contributed by atoms with Crippen LogP contribution in [0.4, 0.5) is 5.82 Å². The van der Waals surface area contributed by atoms with Crippen LogP contribution in [0.1, 0.15) is 39.0 Å². The molecule has 3 rings (SSSR count). The van der Waals surface area contributed by atoms with Crippen LogP contribution in [0, 0.1) is 6.57 Å². The number of rotatable bonds is 4. The SMILES string of the molecule is [C-]#[N+]/N=C(/NCCC1=CCCCC1)N1CCN(c2ncccc2Cl)C[C@H]1C. The molecule has 7 heteroatoms. The Kier molecular flexibility index (Phi) is 6.94. The molecule has 2 aliphatic rings. The highest BCUT2D eigenvalue weighted by Gasteiger charge is 2.29. The van der Waals surface area contributed by atoms with E-state index in [-0.39, 0.29) is 6.04 Å². The second-order valence-corrected chi connectivity index (χ2v) is 7.51. The first-order chi connectivity index (χ1) is 13.2. The topological polar surface area (TPSA) is 48.1 Å². The Morgan fingerprint density at radius 2 is 2.33 bits per heavy atom. The molecule has 1 aliphatic heterocycles. The van der Waals surface area contributed by atoms with Gasteiger partial charge < -0.3 is 15.1 Å². The van der Waals surface area contributed by atoms with Gasteiger partial charge >= 0.3 is 0 Å². The Hall–Kier alpha value is -2.26. The molecule has 2 heterocycles. The van der Waals surface area contributed by atoms with Crippen LogP contribution in [-0.2, 0) is 0 Å². The molecule has 1 saturated heterocycles. The molecule has 0 radical (unpaired) electrons. The zero-order valence-corrected chi connectivity index (χ0v) is 16.6. The summed E-state index contributed by atoms with van der Waals surface area (Å²) in [7, 11) is 0. The van der Waals surface area contributed by atoms with Gasteiger partial charge in [-0.2, -0.15) is 6.57 Å². The molecule has 0 bridgehead atoms. The minimum atomic E-state index is 0.207. The highest BCUT2D eigenvalue weighted by Crippen LogP contribution is 2.25. The van der Waals surface area contributed by atoms with E-state index >= 15 is 0 Å². The molecule has 0 spiro atoms. The van der Waals surface area contributed by atoms with E-state index in [1.54, 1.807) is 6.20 Å². The Balaban J connectivity index is 1.58. The van der Waals surface area contributed by atoms with Crippen molar-refractivity contribution in [3.05, 3.63) is 46.5 Å². The van der Waals surface area contributed by atoms with Gasteiger partial charge in [-0.1, -0.05) is 23.3 Å². The van der Waals surface area contributed by atoms with E-state index in [0.29, 0.717) is 11.0 Å². The Bertz CT molecular complexity index is 738. The van der Waals surface area contributed by atoms with Crippen LogP contribution in [-0.4, -0.2) is 48.1 Å². The molecular weight excluding hydrogens is 360 g/mol. The molecule has 1 fully saturated rings. The van der Waals surface area contributed by atoms with Crippen molar-refractivity contribution < 1.29 is 0 Å². The molecule has 1 aliphatic carbocycles. The summed E-state index contributed by atoms with van der Waals surface area (Å²) in [6, 6.07) is 3.92. The first-order valence-electron chi connectivity index (χ1n) is 9.67. The lowest BCUT2D eigenvalue weighted by atomic mass is 9.97. The third kappa shape index (κ3) is 5.14. The average molecular weight is 387 g/mol. The maximum absolute atomic E-state index is 7.17. The second-order valence-electron chi connectivity index (χ2n) is 7.11. The number of halogens is 1. The van der Waals surface area contributed by atoms with Crippen molar-refractivity contribution >= 4 is 23.4 Å². The van der Waals surface area contributed by atoms with Gasteiger partial charge in [0.15, 0.2) is 0 Å². The fourth-order valence-corrected chi connectivity index (χ4v) is 4.02. The van der Waals surface area contributed by atoms with E-state index in [4.69, 9.17) is 18.2 Å². The molecule has 144 valence electrons. The monoisotopic (exact) mass is 386 g/mol. The van der Waals surface area contributed by atoms with Crippen LogP contribution in [0.25, 0.3) is 4.95 Å². The van der Waals surface area contributed by atoms with E-state index in [9.17, 15) is 0 Å². The fourth-order valence-electron chi connectivity index (χ4n) is 3.78. The number of guanidine groups is 1. The Morgan fingerprint density at radius 1 is 1.44 bits per heavy atom. The summed E-state index contributed by atoms with van der Waals surface area (Å²) in [5, 5.41) is 8.11. The average Bonchev–Trinajstić information content (AvgIpc) is 2.69. The zero-order valence-electron chi connectivity index (χ0n) is 15.9. The quantitative estimate of drug-likeness (QED) is 0.280. The van der Waals surface area contributed by atoms with Gasteiger partial charge in [-0.05, 0) is 51.2 Å². The van der Waals surface area contributed by atoms with Gasteiger partial charge in [-0.15, -0.1) is 4.95 Å². The van der Waals surface area contributed by atoms with Crippen molar-refractivity contribution in [1.29, 1.82) is 0 Å². The van der Waals surface area contributed by atoms with Crippen molar-refractivity contribution in [3.63, 3.8) is 0 Å². The summed E-state index contributed by atoms with van der Waals surface area (Å²) in [6.45, 7) is 12.5. The minimum Gasteiger partial charge on any atom is -0.352 e. The predicted molar refractivity (Wildman–Crippen MR) is 111 cm³/mol. The van der Waals surface area contributed by atoms with E-state index in [1.165, 1.54) is 31.3 Å². The molecule has 0 amide bonds. The summed E-state index contributed by atoms with van der Waals surface area (Å²) in [6.07, 6.45) is 10.2. The van der Waals surface area contributed by atoms with Crippen LogP contribution in [0.5, 0.6) is 0 Å². The van der Waals surface area contributed by atoms with Crippen LogP contribution in [0.15, 0.2) is 35.1 Å². The molecule has 27 heavy (non-hydrogen) atoms. The number of nitrogens with zero attached hydrogens (tertiary/aromatic N) is 5. The summed E-state index contributed by atoms with van der Waals surface area (Å²) in [5.41, 5.74) is 1.53. The fraction of sp³-hybridized carbons (Fsp3) is 0.550. The number of hydrogen-bond acceptors (Lipinski definition) is 3. The lowest BCUT2D eigenvalue weighted by Gasteiger charge is -2.41. The normalized spacial score (nSPS) is 20.9. The Labute approximate surface area is 166 Å². The largest absolute Gasteiger partial charge is 0.352 e. The predicted octanol–water partition coefficient (Wildman–Crippen LogP) is 3.92. The van der Waals surface area contributed by atoms with Crippen LogP contribution in [0.3, 0.4) is 0 Å². The number of pyridine rings is 1. The highest BCUT2D eigenvalue weighted by atomic mass is 35.5. The van der Waals surface area contributed by atoms with Gasteiger partial charge in [0.2, 0.25) is 0 Å². The number of piperazine rings is 1. The van der Waals surface area contributed by atoms with Gasteiger partial charge in [0.25, 0.3) is 5.96 Å². The summed E-state index contributed by atoms with van der Waals surface area (Å²) in [5.74, 6) is 1.51. The molecule has 0 unspecified atom stereocenters. The van der Waals surface area contributed by atoms with E-state index in [1.807, 2.05) is 12.1 Å². The number of allylic oxidation sites excluding steroid dienone is 1. The van der Waals surface area contributed by atoms with Crippen molar-refractivity contribution in [2.45, 2.75) is 45.1 Å². The smallest absolute Gasteiger partial charge is 0.280 e. The molecule has 1 N–H and O–H groups in total. The highest BCUT2D eigenvalue weighted by molar-refractivity contribution is 6.32. The van der Waals surface area contributed by atoms with Crippen LogP contribution in [0.2, 0.25) is 5.02 Å². The summed E-state index contributed by atoms with van der Waals surface area (Å²) in [4.78, 5) is 12.1. The summed E-state index contributed by atoms with van der Waals surface area (Å²) < 4.78 is 0. The molecule has 1 aromatic heterocycles. The lowest BCUT2D eigenvalue weighted by Crippen LogP contribution is -2.57. The first kappa shape index (κ1) is 19.5. The van der Waals surface area contributed by atoms with Crippen molar-refractivity contribution in [2.75, 3.05) is 31.1 Å². The molecule has 0 saturated carbocycles. The van der Waals surface area contributed by atoms with Gasteiger partial charge in [0.1, 0.15) is 10.9 Å². The maximum atomic E-state index is 7.17. The number of aromatic nitrogens is 1. The third-order valence-electron chi connectivity index (χ3n) is 5.20. The van der Waals surface area contributed by atoms with Crippen LogP contribution < -0.4 is 10.2 Å². The number of hydrogen-bond donors (Lipinski definition) is 1. The molecule has 6 nitrogen and oxygen atoms in total.